The van der Waals surface area contributed by atoms with Crippen molar-refractivity contribution in [2.45, 2.75) is 6.04 Å². The SMILES string of the molecule is NS(=O)(=O)n1ccc(-c2ccc(C(=O)NC(CO)CO)cc2)c1C(=O)O. The fourth-order valence-corrected chi connectivity index (χ4v) is 2.95. The molecule has 6 N–H and O–H groups in total. The van der Waals surface area contributed by atoms with E-state index in [4.69, 9.17) is 15.4 Å². The lowest BCUT2D eigenvalue weighted by Gasteiger charge is -2.13. The molecule has 2 rings (SSSR count). The summed E-state index contributed by atoms with van der Waals surface area (Å²) in [6.45, 7) is -0.854. The number of hydrogen-bond donors (Lipinski definition) is 5. The Kier molecular flexibility index (Phi) is 5.77. The van der Waals surface area contributed by atoms with E-state index in [9.17, 15) is 23.1 Å². The van der Waals surface area contributed by atoms with E-state index in [2.05, 4.69) is 5.32 Å². The first kappa shape index (κ1) is 19.6. The highest BCUT2D eigenvalue weighted by Crippen LogP contribution is 2.26. The van der Waals surface area contributed by atoms with Crippen LogP contribution in [-0.2, 0) is 10.2 Å². The third kappa shape index (κ3) is 4.08. The molecule has 0 atom stereocenters. The van der Waals surface area contributed by atoms with Crippen LogP contribution in [0.4, 0.5) is 0 Å². The van der Waals surface area contributed by atoms with Gasteiger partial charge in [-0.3, -0.25) is 4.79 Å². The lowest BCUT2D eigenvalue weighted by atomic mass is 10.0. The van der Waals surface area contributed by atoms with Gasteiger partial charge in [0.15, 0.2) is 5.69 Å². The van der Waals surface area contributed by atoms with Crippen molar-refractivity contribution >= 4 is 22.1 Å². The summed E-state index contributed by atoms with van der Waals surface area (Å²) in [7, 11) is -4.28. The lowest BCUT2D eigenvalue weighted by molar-refractivity contribution is 0.0689. The quantitative estimate of drug-likeness (QED) is 0.407. The topological polar surface area (TPSA) is 172 Å². The summed E-state index contributed by atoms with van der Waals surface area (Å²) in [4.78, 5) is 23.4. The normalized spacial score (nSPS) is 11.5. The number of carboxylic acid groups (broad SMARTS) is 1. The van der Waals surface area contributed by atoms with E-state index >= 15 is 0 Å². The second-order valence-electron chi connectivity index (χ2n) is 5.34. The minimum Gasteiger partial charge on any atom is -0.477 e. The van der Waals surface area contributed by atoms with Gasteiger partial charge in [0.25, 0.3) is 5.91 Å². The van der Waals surface area contributed by atoms with Gasteiger partial charge in [0.2, 0.25) is 0 Å². The van der Waals surface area contributed by atoms with E-state index in [1.54, 1.807) is 0 Å². The standard InChI is InChI=1S/C15H17N3O7S/c16-26(24,25)18-6-5-12(13(18)15(22)23)9-1-3-10(4-2-9)14(21)17-11(7-19)8-20/h1-6,11,19-20H,7-8H2,(H,17,21)(H,22,23)(H2,16,24,25). The van der Waals surface area contributed by atoms with Crippen molar-refractivity contribution < 1.29 is 33.3 Å². The van der Waals surface area contributed by atoms with Gasteiger partial charge in [0.05, 0.1) is 19.3 Å². The molecule has 0 bridgehead atoms. The van der Waals surface area contributed by atoms with E-state index < -0.39 is 47.0 Å². The molecule has 1 aromatic heterocycles. The second-order valence-corrected chi connectivity index (χ2v) is 6.76. The van der Waals surface area contributed by atoms with E-state index in [1.165, 1.54) is 30.3 Å². The zero-order chi connectivity index (χ0) is 19.5. The van der Waals surface area contributed by atoms with Crippen LogP contribution in [0.1, 0.15) is 20.8 Å². The number of nitrogens with two attached hydrogens (primary N) is 1. The largest absolute Gasteiger partial charge is 0.477 e. The maximum Gasteiger partial charge on any atom is 0.354 e. The van der Waals surface area contributed by atoms with Gasteiger partial charge in [-0.1, -0.05) is 12.1 Å². The number of aromatic carboxylic acids is 1. The molecule has 1 amide bonds. The smallest absolute Gasteiger partial charge is 0.354 e. The first-order valence-corrected chi connectivity index (χ1v) is 8.80. The van der Waals surface area contributed by atoms with Crippen LogP contribution in [0.3, 0.4) is 0 Å². The molecule has 2 aromatic rings. The van der Waals surface area contributed by atoms with Crippen LogP contribution in [0.15, 0.2) is 36.5 Å². The van der Waals surface area contributed by atoms with Gasteiger partial charge in [-0.15, -0.1) is 0 Å². The van der Waals surface area contributed by atoms with Gasteiger partial charge in [-0.05, 0) is 23.8 Å². The van der Waals surface area contributed by atoms with Crippen molar-refractivity contribution in [3.8, 4) is 11.1 Å². The van der Waals surface area contributed by atoms with Crippen molar-refractivity contribution in [3.05, 3.63) is 47.8 Å². The van der Waals surface area contributed by atoms with Gasteiger partial charge in [0, 0.05) is 17.3 Å². The molecule has 0 aliphatic rings. The average molecular weight is 383 g/mol. The van der Waals surface area contributed by atoms with Crippen LogP contribution in [-0.4, -0.2) is 58.8 Å². The number of carbonyl (C=O) groups is 2. The Morgan fingerprint density at radius 3 is 2.15 bits per heavy atom. The van der Waals surface area contributed by atoms with Crippen molar-refractivity contribution in [3.63, 3.8) is 0 Å². The number of rotatable bonds is 7. The lowest BCUT2D eigenvalue weighted by Crippen LogP contribution is -2.40. The summed E-state index contributed by atoms with van der Waals surface area (Å²) >= 11 is 0. The summed E-state index contributed by atoms with van der Waals surface area (Å²) in [6.07, 6.45) is 1.03. The Hall–Kier alpha value is -2.73. The number of carboxylic acids is 1. The van der Waals surface area contributed by atoms with Gasteiger partial charge in [0.1, 0.15) is 0 Å². The maximum atomic E-state index is 12.0. The molecular formula is C15H17N3O7S. The predicted octanol–water partition coefficient (Wildman–Crippen LogP) is -1.01. The van der Waals surface area contributed by atoms with Crippen LogP contribution < -0.4 is 10.5 Å². The van der Waals surface area contributed by atoms with Crippen LogP contribution in [0.5, 0.6) is 0 Å². The molecule has 11 heteroatoms. The number of nitrogens with one attached hydrogen (secondary N) is 1. The monoisotopic (exact) mass is 383 g/mol. The third-order valence-corrected chi connectivity index (χ3v) is 4.42. The van der Waals surface area contributed by atoms with Crippen molar-refractivity contribution in [2.75, 3.05) is 13.2 Å². The zero-order valence-corrected chi connectivity index (χ0v) is 14.2. The number of amides is 1. The highest BCUT2D eigenvalue weighted by molar-refractivity contribution is 7.87. The number of benzene rings is 1. The molecule has 26 heavy (non-hydrogen) atoms. The van der Waals surface area contributed by atoms with Crippen LogP contribution in [0, 0.1) is 0 Å². The minimum absolute atomic E-state index is 0.113. The molecule has 0 saturated carbocycles. The number of hydrogen-bond acceptors (Lipinski definition) is 6. The van der Waals surface area contributed by atoms with Gasteiger partial charge >= 0.3 is 16.2 Å². The fraction of sp³-hybridized carbons (Fsp3) is 0.200. The van der Waals surface area contributed by atoms with Crippen LogP contribution in [0.25, 0.3) is 11.1 Å². The fourth-order valence-electron chi connectivity index (χ4n) is 2.29. The second kappa shape index (κ2) is 7.66. The maximum absolute atomic E-state index is 12.0. The molecule has 0 unspecified atom stereocenters. The third-order valence-electron chi connectivity index (χ3n) is 3.56. The van der Waals surface area contributed by atoms with E-state index in [1.807, 2.05) is 0 Å². The summed E-state index contributed by atoms with van der Waals surface area (Å²) in [5.41, 5.74) is 0.165. The van der Waals surface area contributed by atoms with E-state index in [0.717, 1.165) is 6.20 Å². The number of nitrogens with zero attached hydrogens (tertiary/aromatic N) is 1. The first-order valence-electron chi connectivity index (χ1n) is 7.30. The van der Waals surface area contributed by atoms with E-state index in [-0.39, 0.29) is 11.1 Å². The van der Waals surface area contributed by atoms with Crippen molar-refractivity contribution in [1.82, 2.24) is 9.29 Å². The minimum atomic E-state index is -4.28. The van der Waals surface area contributed by atoms with Crippen molar-refractivity contribution in [2.24, 2.45) is 5.14 Å². The Morgan fingerprint density at radius 2 is 1.69 bits per heavy atom. The number of aliphatic hydroxyl groups excluding tert-OH is 2. The molecular weight excluding hydrogens is 366 g/mol. The summed E-state index contributed by atoms with van der Waals surface area (Å²) in [5.74, 6) is -2.01. The van der Waals surface area contributed by atoms with Crippen molar-refractivity contribution in [1.29, 1.82) is 0 Å². The highest BCUT2D eigenvalue weighted by atomic mass is 32.2. The summed E-state index contributed by atoms with van der Waals surface area (Å²) < 4.78 is 23.4. The molecule has 0 spiro atoms. The number of carbonyl (C=O) groups excluding carboxylic acids is 1. The average Bonchev–Trinajstić information content (AvgIpc) is 3.05. The molecule has 0 aliphatic carbocycles. The molecule has 1 aromatic carbocycles. The summed E-state index contributed by atoms with van der Waals surface area (Å²) in [5, 5.41) is 34.7. The van der Waals surface area contributed by atoms with Gasteiger partial charge in [-0.2, -0.15) is 8.42 Å². The highest BCUT2D eigenvalue weighted by Gasteiger charge is 2.23. The van der Waals surface area contributed by atoms with Crippen LogP contribution >= 0.6 is 0 Å². The Morgan fingerprint density at radius 1 is 1.12 bits per heavy atom. The molecule has 0 aliphatic heterocycles. The molecule has 0 fully saturated rings. The Balaban J connectivity index is 2.36. The number of aromatic nitrogens is 1. The molecule has 1 heterocycles. The number of aliphatic hydroxyl groups is 2. The molecule has 0 radical (unpaired) electrons. The predicted molar refractivity (Wildman–Crippen MR) is 90.8 cm³/mol. The zero-order valence-electron chi connectivity index (χ0n) is 13.4. The van der Waals surface area contributed by atoms with E-state index in [0.29, 0.717) is 9.54 Å². The summed E-state index contributed by atoms with van der Waals surface area (Å²) in [6, 6.07) is 6.17. The molecule has 10 nitrogen and oxygen atoms in total. The van der Waals surface area contributed by atoms with Gasteiger partial charge in [-0.25, -0.2) is 13.9 Å². The van der Waals surface area contributed by atoms with Crippen LogP contribution in [0.2, 0.25) is 0 Å². The first-order chi connectivity index (χ1) is 12.2. The molecule has 0 saturated heterocycles. The molecule has 140 valence electrons. The Labute approximate surface area is 148 Å². The Bertz CT molecular complexity index is 915. The van der Waals surface area contributed by atoms with Gasteiger partial charge < -0.3 is 20.6 Å².